The Morgan fingerprint density at radius 2 is 1.83 bits per heavy atom. The van der Waals surface area contributed by atoms with Crippen molar-refractivity contribution in [1.82, 2.24) is 4.72 Å². The lowest BCUT2D eigenvalue weighted by molar-refractivity contribution is -0.137. The van der Waals surface area contributed by atoms with Gasteiger partial charge in [-0.2, -0.15) is 23.2 Å². The molecule has 0 aliphatic heterocycles. The van der Waals surface area contributed by atoms with Gasteiger partial charge in [-0.1, -0.05) is 6.07 Å². The van der Waals surface area contributed by atoms with Crippen LogP contribution in [-0.4, -0.2) is 35.7 Å². The van der Waals surface area contributed by atoms with Crippen molar-refractivity contribution in [1.29, 1.82) is 5.26 Å². The number of carbonyl (C=O) groups is 1. The average molecular weight is 628 g/mol. The highest BCUT2D eigenvalue weighted by Crippen LogP contribution is 2.44. The summed E-state index contributed by atoms with van der Waals surface area (Å²) in [6.07, 6.45) is -6.12. The lowest BCUT2D eigenvalue weighted by Crippen LogP contribution is -2.25. The molecule has 214 valence electrons. The number of nitriles is 1. The van der Waals surface area contributed by atoms with Crippen LogP contribution in [0.25, 0.3) is 10.1 Å². The van der Waals surface area contributed by atoms with E-state index < -0.39 is 64.4 Å². The number of hydrogen-bond acceptors (Lipinski definition) is 9. The first-order valence-electron chi connectivity index (χ1n) is 11.1. The molecule has 0 aliphatic carbocycles. The van der Waals surface area contributed by atoms with Gasteiger partial charge in [-0.25, -0.2) is 13.0 Å². The van der Waals surface area contributed by atoms with Gasteiger partial charge in [0.05, 0.1) is 22.8 Å². The van der Waals surface area contributed by atoms with Crippen molar-refractivity contribution in [2.75, 3.05) is 11.6 Å². The fraction of sp³-hybridized carbons (Fsp3) is 0.0833. The molecule has 0 aliphatic rings. The highest BCUT2D eigenvalue weighted by Gasteiger charge is 2.35. The minimum Gasteiger partial charge on any atom is -0.504 e. The largest absolute Gasteiger partial charge is 0.504 e. The standard InChI is InChI=1S/C24H17F3N3O8PS2/c25-24(26,27)18-10-16(6-4-13(18)11-28)38-39(34,35)12-29-41(36,37)21-9-14-8-15(5-7-20(14)40-21)30-23(33)17-2-1-3-19(31)22(17)32/h1-10,29,31-32H,12H2,(H,30,33)(H,34,35). The van der Waals surface area contributed by atoms with E-state index in [0.717, 1.165) is 23.5 Å². The number of phenols is 2. The van der Waals surface area contributed by atoms with Gasteiger partial charge in [0.15, 0.2) is 11.5 Å². The molecule has 4 rings (SSSR count). The van der Waals surface area contributed by atoms with Crippen LogP contribution >= 0.6 is 18.9 Å². The number of benzene rings is 3. The Bertz CT molecular complexity index is 1870. The second kappa shape index (κ2) is 11.0. The van der Waals surface area contributed by atoms with Crippen LogP contribution < -0.4 is 14.6 Å². The summed E-state index contributed by atoms with van der Waals surface area (Å²) < 4.78 is 84.3. The fourth-order valence-electron chi connectivity index (χ4n) is 3.49. The summed E-state index contributed by atoms with van der Waals surface area (Å²) >= 11 is 0.792. The number of halogens is 3. The second-order valence-corrected chi connectivity index (χ2v) is 13.1. The van der Waals surface area contributed by atoms with Crippen molar-refractivity contribution >= 4 is 50.6 Å². The van der Waals surface area contributed by atoms with Crippen LogP contribution in [-0.2, 0) is 20.8 Å². The van der Waals surface area contributed by atoms with Gasteiger partial charge < -0.3 is 24.9 Å². The minimum atomic E-state index is -4.94. The first kappa shape index (κ1) is 29.8. The third-order valence-corrected chi connectivity index (χ3v) is 9.65. The summed E-state index contributed by atoms with van der Waals surface area (Å²) in [5, 5.41) is 31.2. The van der Waals surface area contributed by atoms with E-state index in [-0.39, 0.29) is 15.5 Å². The quantitative estimate of drug-likeness (QED) is 0.133. The number of sulfonamides is 1. The van der Waals surface area contributed by atoms with Crippen molar-refractivity contribution < 1.29 is 50.6 Å². The summed E-state index contributed by atoms with van der Waals surface area (Å²) in [5.74, 6) is -2.55. The fourth-order valence-corrected chi connectivity index (χ4v) is 7.41. The Morgan fingerprint density at radius 3 is 2.51 bits per heavy atom. The molecule has 0 fully saturated rings. The Hall–Kier alpha value is -4.13. The summed E-state index contributed by atoms with van der Waals surface area (Å²) in [5.41, 5.74) is -2.09. The topological polar surface area (TPSA) is 186 Å². The summed E-state index contributed by atoms with van der Waals surface area (Å²) in [7, 11) is -9.24. The van der Waals surface area contributed by atoms with Crippen LogP contribution in [0, 0.1) is 11.3 Å². The Balaban J connectivity index is 1.48. The maximum absolute atomic E-state index is 13.2. The van der Waals surface area contributed by atoms with Gasteiger partial charge in [-0.05, 0) is 60.0 Å². The highest BCUT2D eigenvalue weighted by molar-refractivity contribution is 7.92. The molecule has 1 amide bonds. The third kappa shape index (κ3) is 6.79. The number of nitrogens with one attached hydrogen (secondary N) is 2. The zero-order valence-corrected chi connectivity index (χ0v) is 22.7. The number of alkyl halides is 3. The van der Waals surface area contributed by atoms with Crippen molar-refractivity contribution in [3.05, 3.63) is 77.4 Å². The van der Waals surface area contributed by atoms with Gasteiger partial charge in [0.2, 0.25) is 0 Å². The lowest BCUT2D eigenvalue weighted by Gasteiger charge is -2.16. The van der Waals surface area contributed by atoms with Crippen molar-refractivity contribution in [2.24, 2.45) is 0 Å². The molecule has 1 aromatic heterocycles. The summed E-state index contributed by atoms with van der Waals surface area (Å²) in [4.78, 5) is 22.6. The van der Waals surface area contributed by atoms with Crippen molar-refractivity contribution in [3.8, 4) is 23.3 Å². The van der Waals surface area contributed by atoms with Crippen LogP contribution in [0.3, 0.4) is 0 Å². The molecule has 1 unspecified atom stereocenters. The SMILES string of the molecule is N#Cc1ccc(OP(=O)(O)CNS(=O)(=O)c2cc3cc(NC(=O)c4cccc(O)c4O)ccc3s2)cc1C(F)(F)F. The number of anilines is 1. The van der Waals surface area contributed by atoms with E-state index in [9.17, 15) is 46.1 Å². The van der Waals surface area contributed by atoms with Gasteiger partial charge in [-0.15, -0.1) is 11.3 Å². The van der Waals surface area contributed by atoms with Crippen LogP contribution in [0.15, 0.2) is 64.9 Å². The molecule has 1 atom stereocenters. The molecular weight excluding hydrogens is 610 g/mol. The summed E-state index contributed by atoms with van der Waals surface area (Å²) in [6, 6.07) is 12.8. The first-order valence-corrected chi connectivity index (χ1v) is 15.1. The maximum atomic E-state index is 13.2. The van der Waals surface area contributed by atoms with E-state index in [1.165, 1.54) is 48.5 Å². The number of amides is 1. The number of aromatic hydroxyl groups is 2. The number of phenolic OH excluding ortho intramolecular Hbond substituents is 2. The van der Waals surface area contributed by atoms with Gasteiger partial charge in [0, 0.05) is 10.4 Å². The highest BCUT2D eigenvalue weighted by atomic mass is 32.2. The zero-order valence-electron chi connectivity index (χ0n) is 20.2. The smallest absolute Gasteiger partial charge is 0.417 e. The average Bonchev–Trinajstić information content (AvgIpc) is 3.33. The van der Waals surface area contributed by atoms with Gasteiger partial charge in [-0.3, -0.25) is 4.79 Å². The number of fused-ring (bicyclic) bond motifs is 1. The molecule has 1 heterocycles. The van der Waals surface area contributed by atoms with Crippen LogP contribution in [0.1, 0.15) is 21.5 Å². The van der Waals surface area contributed by atoms with E-state index in [2.05, 4.69) is 5.32 Å². The number of nitrogens with zero attached hydrogens (tertiary/aromatic N) is 1. The predicted octanol–water partition coefficient (Wildman–Crippen LogP) is 4.96. The molecule has 0 saturated heterocycles. The Labute approximate surface area is 233 Å². The second-order valence-electron chi connectivity index (χ2n) is 8.30. The normalized spacial score (nSPS) is 13.3. The van der Waals surface area contributed by atoms with Crippen molar-refractivity contribution in [2.45, 2.75) is 10.4 Å². The third-order valence-electron chi connectivity index (χ3n) is 5.40. The lowest BCUT2D eigenvalue weighted by atomic mass is 10.1. The van der Waals surface area contributed by atoms with Gasteiger partial charge in [0.25, 0.3) is 15.9 Å². The van der Waals surface area contributed by atoms with Gasteiger partial charge in [0.1, 0.15) is 16.2 Å². The monoisotopic (exact) mass is 627 g/mol. The first-order chi connectivity index (χ1) is 19.1. The molecule has 0 saturated carbocycles. The number of para-hydroxylation sites is 1. The van der Waals surface area contributed by atoms with E-state index in [4.69, 9.17) is 9.79 Å². The Morgan fingerprint density at radius 1 is 1.10 bits per heavy atom. The van der Waals surface area contributed by atoms with E-state index in [1.807, 2.05) is 4.72 Å². The molecule has 4 aromatic rings. The predicted molar refractivity (Wildman–Crippen MR) is 141 cm³/mol. The minimum absolute atomic E-state index is 0.200. The molecular formula is C24H17F3N3O8PS2. The Kier molecular flexibility index (Phi) is 8.03. The molecule has 17 heteroatoms. The van der Waals surface area contributed by atoms with Crippen molar-refractivity contribution in [3.63, 3.8) is 0 Å². The molecule has 41 heavy (non-hydrogen) atoms. The number of thiophene rings is 1. The molecule has 11 nitrogen and oxygen atoms in total. The zero-order chi connectivity index (χ0) is 30.2. The number of carbonyl (C=O) groups excluding carboxylic acids is 1. The van der Waals surface area contributed by atoms with Crippen LogP contribution in [0.4, 0.5) is 18.9 Å². The molecule has 5 N–H and O–H groups in total. The molecule has 0 radical (unpaired) electrons. The van der Waals surface area contributed by atoms with Crippen LogP contribution in [0.5, 0.6) is 17.2 Å². The molecule has 0 bridgehead atoms. The van der Waals surface area contributed by atoms with Gasteiger partial charge >= 0.3 is 13.8 Å². The molecule has 0 spiro atoms. The van der Waals surface area contributed by atoms with E-state index >= 15 is 0 Å². The number of hydrogen-bond donors (Lipinski definition) is 5. The molecule has 3 aromatic carbocycles. The van der Waals surface area contributed by atoms with E-state index in [1.54, 1.807) is 0 Å². The number of rotatable bonds is 8. The summed E-state index contributed by atoms with van der Waals surface area (Å²) in [6.45, 7) is 0. The van der Waals surface area contributed by atoms with E-state index in [0.29, 0.717) is 16.2 Å². The van der Waals surface area contributed by atoms with Crippen LogP contribution in [0.2, 0.25) is 0 Å². The maximum Gasteiger partial charge on any atom is 0.417 e.